The summed E-state index contributed by atoms with van der Waals surface area (Å²) < 4.78 is 8.08. The summed E-state index contributed by atoms with van der Waals surface area (Å²) in [4.78, 5) is 8.82. The molecule has 4 heterocycles. The van der Waals surface area contributed by atoms with Crippen LogP contribution in [-0.2, 0) is 11.3 Å². The van der Waals surface area contributed by atoms with E-state index in [9.17, 15) is 0 Å². The first kappa shape index (κ1) is 18.0. The van der Waals surface area contributed by atoms with Gasteiger partial charge in [-0.3, -0.25) is 4.90 Å². The first-order valence-corrected chi connectivity index (χ1v) is 9.87. The van der Waals surface area contributed by atoms with Crippen LogP contribution in [0.15, 0.2) is 48.7 Å². The number of hydrogen-bond acceptors (Lipinski definition) is 8. The van der Waals surface area contributed by atoms with E-state index in [-0.39, 0.29) is 5.60 Å². The zero-order valence-electron chi connectivity index (χ0n) is 16.2. The molecule has 1 spiro atoms. The van der Waals surface area contributed by atoms with Crippen molar-refractivity contribution in [2.24, 2.45) is 0 Å². The number of tetrazole rings is 1. The van der Waals surface area contributed by atoms with Crippen LogP contribution in [0.2, 0.25) is 0 Å². The Bertz CT molecular complexity index is 977. The zero-order chi connectivity index (χ0) is 19.7. The van der Waals surface area contributed by atoms with Crippen molar-refractivity contribution in [2.45, 2.75) is 18.6 Å². The summed E-state index contributed by atoms with van der Waals surface area (Å²) in [6.45, 7) is 4.79. The van der Waals surface area contributed by atoms with Crippen LogP contribution in [0.5, 0.6) is 0 Å². The van der Waals surface area contributed by atoms with Crippen LogP contribution in [0.3, 0.4) is 0 Å². The molecule has 2 aromatic heterocycles. The monoisotopic (exact) mass is 392 g/mol. The van der Waals surface area contributed by atoms with Crippen LogP contribution in [-0.4, -0.2) is 68.5 Å². The highest BCUT2D eigenvalue weighted by Crippen LogP contribution is 2.32. The third-order valence-corrected chi connectivity index (χ3v) is 5.70. The highest BCUT2D eigenvalue weighted by atomic mass is 16.5. The van der Waals surface area contributed by atoms with E-state index in [4.69, 9.17) is 10.5 Å². The number of aromatic nitrogens is 5. The van der Waals surface area contributed by atoms with Gasteiger partial charge in [0, 0.05) is 37.9 Å². The number of ether oxygens (including phenoxy) is 1. The first-order valence-electron chi connectivity index (χ1n) is 9.87. The summed E-state index contributed by atoms with van der Waals surface area (Å²) in [6.07, 6.45) is 2.69. The minimum atomic E-state index is -0.220. The zero-order valence-corrected chi connectivity index (χ0v) is 16.2. The number of morpholine rings is 1. The molecule has 9 heteroatoms. The fourth-order valence-electron chi connectivity index (χ4n) is 4.27. The van der Waals surface area contributed by atoms with Gasteiger partial charge in [0.25, 0.3) is 5.95 Å². The number of hydrogen-bond donors (Lipinski definition) is 1. The second-order valence-electron chi connectivity index (χ2n) is 7.69. The number of rotatable bonds is 4. The fraction of sp³-hybridized carbons (Fsp3) is 0.400. The van der Waals surface area contributed by atoms with Crippen LogP contribution < -0.4 is 10.6 Å². The molecule has 5 rings (SSSR count). The molecule has 0 radical (unpaired) electrons. The molecule has 1 aromatic carbocycles. The predicted molar refractivity (Wildman–Crippen MR) is 109 cm³/mol. The summed E-state index contributed by atoms with van der Waals surface area (Å²) in [6, 6.07) is 13.9. The van der Waals surface area contributed by atoms with Gasteiger partial charge in [-0.15, -0.1) is 0 Å². The van der Waals surface area contributed by atoms with E-state index in [1.165, 1.54) is 0 Å². The van der Waals surface area contributed by atoms with Crippen molar-refractivity contribution in [3.05, 3.63) is 54.2 Å². The van der Waals surface area contributed by atoms with Crippen molar-refractivity contribution in [3.63, 3.8) is 0 Å². The highest BCUT2D eigenvalue weighted by Gasteiger charge is 2.43. The third kappa shape index (κ3) is 3.54. The minimum absolute atomic E-state index is 0.220. The van der Waals surface area contributed by atoms with Crippen LogP contribution in [0.25, 0.3) is 5.69 Å². The van der Waals surface area contributed by atoms with E-state index >= 15 is 0 Å². The Labute approximate surface area is 169 Å². The quantitative estimate of drug-likeness (QED) is 0.705. The van der Waals surface area contributed by atoms with Crippen LogP contribution >= 0.6 is 0 Å². The number of nitrogens with two attached hydrogens (primary N) is 1. The Balaban J connectivity index is 1.32. The summed E-state index contributed by atoms with van der Waals surface area (Å²) in [5.41, 5.74) is 7.82. The van der Waals surface area contributed by atoms with Crippen molar-refractivity contribution in [2.75, 3.05) is 43.4 Å². The van der Waals surface area contributed by atoms with E-state index in [0.717, 1.165) is 56.3 Å². The fourth-order valence-corrected chi connectivity index (χ4v) is 4.27. The number of benzene rings is 1. The molecule has 2 aliphatic heterocycles. The van der Waals surface area contributed by atoms with Gasteiger partial charge < -0.3 is 15.4 Å². The average molecular weight is 392 g/mol. The topological polar surface area (TPSA) is 98.2 Å². The number of pyridine rings is 1. The summed E-state index contributed by atoms with van der Waals surface area (Å²) in [7, 11) is 0. The van der Waals surface area contributed by atoms with Gasteiger partial charge in [-0.1, -0.05) is 29.4 Å². The molecular weight excluding hydrogens is 368 g/mol. The lowest BCUT2D eigenvalue weighted by Crippen LogP contribution is -2.54. The molecule has 0 amide bonds. The Morgan fingerprint density at radius 1 is 1.07 bits per heavy atom. The van der Waals surface area contributed by atoms with Gasteiger partial charge in [0.05, 0.1) is 24.4 Å². The maximum Gasteiger partial charge on any atom is 0.250 e. The van der Waals surface area contributed by atoms with Crippen LogP contribution in [0, 0.1) is 0 Å². The number of likely N-dealkylation sites (tertiary alicyclic amines) is 1. The molecule has 2 N–H and O–H groups in total. The van der Waals surface area contributed by atoms with E-state index in [1.807, 2.05) is 42.5 Å². The van der Waals surface area contributed by atoms with Gasteiger partial charge in [0.15, 0.2) is 0 Å². The van der Waals surface area contributed by atoms with Crippen molar-refractivity contribution >= 4 is 11.8 Å². The second kappa shape index (κ2) is 7.41. The number of para-hydroxylation sites is 1. The molecule has 2 saturated heterocycles. The van der Waals surface area contributed by atoms with Crippen molar-refractivity contribution in [1.82, 2.24) is 30.1 Å². The normalized spacial score (nSPS) is 22.4. The van der Waals surface area contributed by atoms with E-state index in [2.05, 4.69) is 30.3 Å². The average Bonchev–Trinajstić information content (AvgIpc) is 3.38. The largest absolute Gasteiger partial charge is 0.383 e. The lowest BCUT2D eigenvalue weighted by molar-refractivity contribution is -0.0479. The van der Waals surface area contributed by atoms with Crippen LogP contribution in [0.1, 0.15) is 12.0 Å². The second-order valence-corrected chi connectivity index (χ2v) is 7.69. The number of nitrogens with zero attached hydrogens (tertiary/aromatic N) is 7. The molecule has 0 saturated carbocycles. The molecule has 2 aliphatic rings. The maximum absolute atomic E-state index is 6.29. The molecule has 3 aromatic rings. The smallest absolute Gasteiger partial charge is 0.250 e. The molecule has 29 heavy (non-hydrogen) atoms. The van der Waals surface area contributed by atoms with Gasteiger partial charge in [0.1, 0.15) is 5.82 Å². The number of nitrogen functional groups attached to an aromatic ring is 1. The van der Waals surface area contributed by atoms with E-state index in [1.54, 1.807) is 10.9 Å². The van der Waals surface area contributed by atoms with Crippen molar-refractivity contribution in [1.29, 1.82) is 0 Å². The van der Waals surface area contributed by atoms with E-state index in [0.29, 0.717) is 12.4 Å². The lowest BCUT2D eigenvalue weighted by Gasteiger charge is -2.40. The molecule has 0 aliphatic carbocycles. The molecule has 9 nitrogen and oxygen atoms in total. The molecule has 2 fully saturated rings. The Kier molecular flexibility index (Phi) is 4.61. The Hall–Kier alpha value is -3.04. The Morgan fingerprint density at radius 2 is 1.97 bits per heavy atom. The molecule has 0 bridgehead atoms. The molecular formula is C20H24N8O. The molecule has 150 valence electrons. The van der Waals surface area contributed by atoms with Crippen LogP contribution in [0.4, 0.5) is 11.8 Å². The highest BCUT2D eigenvalue weighted by molar-refractivity contribution is 5.42. The first-order chi connectivity index (χ1) is 14.2. The summed E-state index contributed by atoms with van der Waals surface area (Å²) >= 11 is 0. The lowest BCUT2D eigenvalue weighted by atomic mass is 10.0. The summed E-state index contributed by atoms with van der Waals surface area (Å²) in [5.74, 6) is 1.36. The van der Waals surface area contributed by atoms with Gasteiger partial charge in [-0.2, -0.15) is 4.68 Å². The summed E-state index contributed by atoms with van der Waals surface area (Å²) in [5, 5.41) is 12.4. The van der Waals surface area contributed by atoms with Crippen molar-refractivity contribution < 1.29 is 4.74 Å². The Morgan fingerprint density at radius 3 is 2.83 bits per heavy atom. The van der Waals surface area contributed by atoms with E-state index < -0.39 is 0 Å². The van der Waals surface area contributed by atoms with Gasteiger partial charge in [-0.05, 0) is 35.0 Å². The number of anilines is 2. The third-order valence-electron chi connectivity index (χ3n) is 5.70. The molecule has 1 unspecified atom stereocenters. The van der Waals surface area contributed by atoms with Crippen molar-refractivity contribution in [3.8, 4) is 5.69 Å². The predicted octanol–water partition coefficient (Wildman–Crippen LogP) is 1.12. The van der Waals surface area contributed by atoms with Gasteiger partial charge >= 0.3 is 0 Å². The van der Waals surface area contributed by atoms with Gasteiger partial charge in [-0.25, -0.2) is 4.98 Å². The maximum atomic E-state index is 6.29. The standard InChI is InChI=1S/C20H24N8O/c21-18-16(5-4-9-22-18)13-26-10-8-20(14-26)15-27(11-12-29-20)19-23-24-25-28(19)17-6-2-1-3-7-17/h1-7,9H,8,10-15H2,(H2,21,22). The molecule has 1 atom stereocenters. The van der Waals surface area contributed by atoms with Gasteiger partial charge in [0.2, 0.25) is 0 Å². The SMILES string of the molecule is Nc1ncccc1CN1CCC2(C1)CN(c1nnnn1-c1ccccc1)CCO2. The minimum Gasteiger partial charge on any atom is -0.383 e.